The second-order valence-corrected chi connectivity index (χ2v) is 8.94. The third-order valence-corrected chi connectivity index (χ3v) is 7.36. The van der Waals surface area contributed by atoms with Crippen molar-refractivity contribution >= 4 is 24.4 Å². The Kier molecular flexibility index (Phi) is 5.36. The molecule has 24 heavy (non-hydrogen) atoms. The minimum absolute atomic E-state index is 0.311. The summed E-state index contributed by atoms with van der Waals surface area (Å²) in [5, 5.41) is 2.86. The van der Waals surface area contributed by atoms with Gasteiger partial charge in [0.05, 0.1) is 12.2 Å². The molecule has 3 rings (SSSR count). The first-order valence-corrected chi connectivity index (χ1v) is 10.2. The molecule has 2 aromatic carbocycles. The van der Waals surface area contributed by atoms with Crippen LogP contribution in [-0.4, -0.2) is 24.7 Å². The van der Waals surface area contributed by atoms with E-state index in [9.17, 15) is 0 Å². The molecule has 0 saturated carbocycles. The molecule has 0 fully saturated rings. The number of nitrogens with zero attached hydrogens (tertiary/aromatic N) is 1. The van der Waals surface area contributed by atoms with Crippen molar-refractivity contribution in [2.45, 2.75) is 33.7 Å². The normalized spacial score (nSPS) is 17.2. The van der Waals surface area contributed by atoms with Crippen LogP contribution in [0.15, 0.2) is 53.5 Å². The average Bonchev–Trinajstić information content (AvgIpc) is 3.03. The Morgan fingerprint density at radius 3 is 2.00 bits per heavy atom. The van der Waals surface area contributed by atoms with Crippen molar-refractivity contribution in [3.63, 3.8) is 0 Å². The van der Waals surface area contributed by atoms with E-state index < -0.39 is 7.92 Å². The Bertz CT molecular complexity index is 693. The lowest BCUT2D eigenvalue weighted by molar-refractivity contribution is 0.290. The van der Waals surface area contributed by atoms with E-state index in [1.807, 2.05) is 0 Å². The molecule has 0 N–H and O–H groups in total. The molecule has 1 aliphatic heterocycles. The van der Waals surface area contributed by atoms with Crippen LogP contribution in [0, 0.1) is 19.8 Å². The minimum Gasteiger partial charge on any atom is -0.478 e. The smallest absolute Gasteiger partial charge is 0.188 e. The van der Waals surface area contributed by atoms with E-state index in [1.54, 1.807) is 0 Å². The highest BCUT2D eigenvalue weighted by Gasteiger charge is 2.26. The first-order valence-electron chi connectivity index (χ1n) is 8.64. The van der Waals surface area contributed by atoms with E-state index in [0.29, 0.717) is 12.0 Å². The predicted octanol–water partition coefficient (Wildman–Crippen LogP) is 4.19. The zero-order chi connectivity index (χ0) is 17.1. The third-order valence-electron chi connectivity index (χ3n) is 4.61. The summed E-state index contributed by atoms with van der Waals surface area (Å²) in [7, 11) is -0.498. The number of aryl methyl sites for hydroxylation is 2. The summed E-state index contributed by atoms with van der Waals surface area (Å²) in [4.78, 5) is 4.85. The predicted molar refractivity (Wildman–Crippen MR) is 105 cm³/mol. The van der Waals surface area contributed by atoms with Crippen LogP contribution in [0.3, 0.4) is 0 Å². The van der Waals surface area contributed by atoms with Crippen LogP contribution in [0.4, 0.5) is 0 Å². The molecule has 0 aliphatic carbocycles. The fraction of sp³-hybridized carbons (Fsp3) is 0.381. The lowest BCUT2D eigenvalue weighted by Crippen LogP contribution is -2.22. The largest absolute Gasteiger partial charge is 0.478 e. The Labute approximate surface area is 146 Å². The summed E-state index contributed by atoms with van der Waals surface area (Å²) in [6, 6.07) is 17.8. The zero-order valence-corrected chi connectivity index (χ0v) is 15.9. The molecule has 0 radical (unpaired) electrons. The highest BCUT2D eigenvalue weighted by atomic mass is 31.1. The van der Waals surface area contributed by atoms with Crippen molar-refractivity contribution in [1.29, 1.82) is 0 Å². The first kappa shape index (κ1) is 17.2. The summed E-state index contributed by atoms with van der Waals surface area (Å²) < 4.78 is 5.95. The monoisotopic (exact) mass is 339 g/mol. The number of benzene rings is 2. The standard InChI is InChI=1S/C21H26NOP/c1-15(2)18-13-23-21(22-18)14-24(19-11-7-5-9-16(19)3)20-12-8-6-10-17(20)4/h5-12,15,18H,13-14H2,1-4H3/t18-/m1/s1. The molecular weight excluding hydrogens is 313 g/mol. The maximum atomic E-state index is 5.95. The van der Waals surface area contributed by atoms with Crippen LogP contribution in [0.1, 0.15) is 25.0 Å². The molecule has 0 bridgehead atoms. The SMILES string of the molecule is Cc1ccccc1P(CC1=N[C@@H](C(C)C)CO1)c1ccccc1C. The summed E-state index contributed by atoms with van der Waals surface area (Å²) in [5.41, 5.74) is 2.71. The fourth-order valence-corrected chi connectivity index (χ4v) is 5.61. The van der Waals surface area contributed by atoms with Crippen molar-refractivity contribution in [2.75, 3.05) is 12.8 Å². The van der Waals surface area contributed by atoms with Gasteiger partial charge in [-0.25, -0.2) is 4.99 Å². The van der Waals surface area contributed by atoms with Gasteiger partial charge >= 0.3 is 0 Å². The lowest BCUT2D eigenvalue weighted by Gasteiger charge is -2.22. The fourth-order valence-electron chi connectivity index (χ4n) is 3.04. The van der Waals surface area contributed by atoms with E-state index in [1.165, 1.54) is 21.7 Å². The molecule has 2 nitrogen and oxygen atoms in total. The summed E-state index contributed by atoms with van der Waals surface area (Å²) in [6.45, 7) is 9.57. The molecule has 3 heteroatoms. The molecule has 1 atom stereocenters. The highest BCUT2D eigenvalue weighted by Crippen LogP contribution is 2.37. The quantitative estimate of drug-likeness (QED) is 0.749. The number of hydrogen-bond acceptors (Lipinski definition) is 2. The topological polar surface area (TPSA) is 21.6 Å². The molecule has 1 heterocycles. The average molecular weight is 339 g/mol. The van der Waals surface area contributed by atoms with Crippen LogP contribution in [0.2, 0.25) is 0 Å². The van der Waals surface area contributed by atoms with Gasteiger partial charge in [-0.05, 0) is 49.4 Å². The molecule has 0 aromatic heterocycles. The number of hydrogen-bond donors (Lipinski definition) is 0. The number of aliphatic imine (C=N–C) groups is 1. The Balaban J connectivity index is 1.96. The molecule has 0 unspecified atom stereocenters. The maximum absolute atomic E-state index is 5.95. The van der Waals surface area contributed by atoms with E-state index >= 15 is 0 Å². The molecule has 0 spiro atoms. The van der Waals surface area contributed by atoms with E-state index in [0.717, 1.165) is 18.7 Å². The van der Waals surface area contributed by atoms with Crippen molar-refractivity contribution in [2.24, 2.45) is 10.9 Å². The van der Waals surface area contributed by atoms with Crippen LogP contribution in [0.5, 0.6) is 0 Å². The van der Waals surface area contributed by atoms with Crippen molar-refractivity contribution in [3.8, 4) is 0 Å². The van der Waals surface area contributed by atoms with Gasteiger partial charge in [0.25, 0.3) is 0 Å². The highest BCUT2D eigenvalue weighted by molar-refractivity contribution is 7.74. The molecule has 0 saturated heterocycles. The van der Waals surface area contributed by atoms with Gasteiger partial charge in [0, 0.05) is 0 Å². The van der Waals surface area contributed by atoms with Gasteiger partial charge in [-0.2, -0.15) is 0 Å². The van der Waals surface area contributed by atoms with Crippen LogP contribution < -0.4 is 10.6 Å². The van der Waals surface area contributed by atoms with Crippen LogP contribution in [0.25, 0.3) is 0 Å². The Morgan fingerprint density at radius 2 is 1.54 bits per heavy atom. The lowest BCUT2D eigenvalue weighted by atomic mass is 10.1. The van der Waals surface area contributed by atoms with Crippen LogP contribution in [-0.2, 0) is 4.74 Å². The molecular formula is C21H26NOP. The van der Waals surface area contributed by atoms with Gasteiger partial charge in [-0.15, -0.1) is 0 Å². The van der Waals surface area contributed by atoms with Gasteiger partial charge in [0.15, 0.2) is 5.90 Å². The van der Waals surface area contributed by atoms with Gasteiger partial charge in [-0.1, -0.05) is 62.4 Å². The van der Waals surface area contributed by atoms with Crippen LogP contribution >= 0.6 is 7.92 Å². The van der Waals surface area contributed by atoms with Crippen molar-refractivity contribution in [1.82, 2.24) is 0 Å². The van der Waals surface area contributed by atoms with Crippen molar-refractivity contribution in [3.05, 3.63) is 59.7 Å². The molecule has 2 aromatic rings. The van der Waals surface area contributed by atoms with Crippen molar-refractivity contribution < 1.29 is 4.74 Å². The first-order chi connectivity index (χ1) is 11.6. The Morgan fingerprint density at radius 1 is 1.00 bits per heavy atom. The molecule has 1 aliphatic rings. The van der Waals surface area contributed by atoms with Gasteiger partial charge in [0.1, 0.15) is 6.61 Å². The summed E-state index contributed by atoms with van der Waals surface area (Å²) >= 11 is 0. The number of ether oxygens (including phenoxy) is 1. The summed E-state index contributed by atoms with van der Waals surface area (Å²) in [5.74, 6) is 1.47. The Hall–Kier alpha value is -1.66. The zero-order valence-electron chi connectivity index (χ0n) is 15.0. The van der Waals surface area contributed by atoms with E-state index in [-0.39, 0.29) is 0 Å². The van der Waals surface area contributed by atoms with Gasteiger partial charge in [0.2, 0.25) is 0 Å². The van der Waals surface area contributed by atoms with E-state index in [2.05, 4.69) is 76.2 Å². The molecule has 0 amide bonds. The van der Waals surface area contributed by atoms with Gasteiger partial charge < -0.3 is 4.74 Å². The number of rotatable bonds is 5. The minimum atomic E-state index is -0.498. The second-order valence-electron chi connectivity index (χ2n) is 6.80. The third kappa shape index (κ3) is 3.70. The second kappa shape index (κ2) is 7.49. The maximum Gasteiger partial charge on any atom is 0.188 e. The molecule has 126 valence electrons. The summed E-state index contributed by atoms with van der Waals surface area (Å²) in [6.07, 6.45) is 0.897. The van der Waals surface area contributed by atoms with E-state index in [4.69, 9.17) is 9.73 Å². The van der Waals surface area contributed by atoms with Gasteiger partial charge in [-0.3, -0.25) is 0 Å².